The van der Waals surface area contributed by atoms with Gasteiger partial charge in [-0.05, 0) is 6.42 Å². The fourth-order valence-corrected chi connectivity index (χ4v) is 1.70. The quantitative estimate of drug-likeness (QED) is 0.648. The smallest absolute Gasteiger partial charge is 0.202 e. The van der Waals surface area contributed by atoms with Gasteiger partial charge >= 0.3 is 0 Å². The van der Waals surface area contributed by atoms with Gasteiger partial charge in [-0.1, -0.05) is 6.92 Å². The van der Waals surface area contributed by atoms with E-state index in [9.17, 15) is 0 Å². The van der Waals surface area contributed by atoms with Crippen molar-refractivity contribution in [1.82, 2.24) is 9.36 Å². The maximum atomic E-state index is 5.30. The van der Waals surface area contributed by atoms with E-state index in [4.69, 9.17) is 10.5 Å². The van der Waals surface area contributed by atoms with E-state index in [1.807, 2.05) is 6.92 Å². The van der Waals surface area contributed by atoms with Gasteiger partial charge in [0.1, 0.15) is 5.82 Å². The Morgan fingerprint density at radius 2 is 2.33 bits per heavy atom. The Bertz CT molecular complexity index is 266. The van der Waals surface area contributed by atoms with E-state index in [0.29, 0.717) is 13.2 Å². The van der Waals surface area contributed by atoms with Gasteiger partial charge in [-0.25, -0.2) is 4.98 Å². The largest absolute Gasteiger partial charge is 0.380 e. The molecular weight excluding hydrogens is 212 g/mol. The Morgan fingerprint density at radius 1 is 1.47 bits per heavy atom. The first-order valence-electron chi connectivity index (χ1n) is 5.21. The zero-order valence-electron chi connectivity index (χ0n) is 9.03. The molecule has 0 aliphatic rings. The third-order valence-electron chi connectivity index (χ3n) is 1.79. The third-order valence-corrected chi connectivity index (χ3v) is 2.50. The standard InChI is InChI=1S/C9H18N4OS/c1-2-8-12-9(15-13-8)11-5-3-6-14-7-4-10/h2-7,10H2,1H3,(H,11,12,13). The molecule has 0 unspecified atom stereocenters. The number of rotatable bonds is 8. The summed E-state index contributed by atoms with van der Waals surface area (Å²) >= 11 is 1.41. The Morgan fingerprint density at radius 3 is 3.00 bits per heavy atom. The average molecular weight is 230 g/mol. The van der Waals surface area contributed by atoms with Crippen molar-refractivity contribution >= 4 is 16.7 Å². The Kier molecular flexibility index (Phi) is 6.22. The van der Waals surface area contributed by atoms with Crippen LogP contribution in [-0.2, 0) is 11.2 Å². The summed E-state index contributed by atoms with van der Waals surface area (Å²) in [5, 5.41) is 4.10. The molecule has 1 heterocycles. The molecule has 0 fully saturated rings. The summed E-state index contributed by atoms with van der Waals surface area (Å²) in [5.41, 5.74) is 5.30. The molecule has 0 aliphatic carbocycles. The lowest BCUT2D eigenvalue weighted by Crippen LogP contribution is -2.11. The van der Waals surface area contributed by atoms with E-state index in [1.54, 1.807) is 0 Å². The fourth-order valence-electron chi connectivity index (χ4n) is 1.02. The summed E-state index contributed by atoms with van der Waals surface area (Å²) in [4.78, 5) is 4.30. The molecule has 1 rings (SSSR count). The lowest BCUT2D eigenvalue weighted by atomic mass is 10.4. The van der Waals surface area contributed by atoms with Gasteiger partial charge in [0.25, 0.3) is 0 Å². The molecule has 0 bridgehead atoms. The minimum atomic E-state index is 0.587. The molecule has 0 spiro atoms. The molecule has 5 nitrogen and oxygen atoms in total. The molecule has 15 heavy (non-hydrogen) atoms. The van der Waals surface area contributed by atoms with Crippen molar-refractivity contribution in [3.05, 3.63) is 5.82 Å². The number of aryl methyl sites for hydroxylation is 1. The van der Waals surface area contributed by atoms with Crippen LogP contribution in [0.25, 0.3) is 0 Å². The van der Waals surface area contributed by atoms with E-state index < -0.39 is 0 Å². The molecule has 6 heteroatoms. The first kappa shape index (κ1) is 12.4. The van der Waals surface area contributed by atoms with Gasteiger partial charge in [0.15, 0.2) is 0 Å². The van der Waals surface area contributed by atoms with Crippen LogP contribution in [0.2, 0.25) is 0 Å². The molecule has 1 aromatic heterocycles. The molecule has 86 valence electrons. The van der Waals surface area contributed by atoms with Gasteiger partial charge in [0.2, 0.25) is 5.13 Å². The molecule has 0 atom stereocenters. The molecule has 0 amide bonds. The maximum absolute atomic E-state index is 5.30. The van der Waals surface area contributed by atoms with E-state index in [1.165, 1.54) is 11.5 Å². The summed E-state index contributed by atoms with van der Waals surface area (Å²) in [5.74, 6) is 0.905. The van der Waals surface area contributed by atoms with Crippen molar-refractivity contribution in [3.63, 3.8) is 0 Å². The molecule has 0 aliphatic heterocycles. The Hall–Kier alpha value is -0.720. The zero-order valence-corrected chi connectivity index (χ0v) is 9.85. The van der Waals surface area contributed by atoms with Crippen LogP contribution < -0.4 is 11.1 Å². The number of ether oxygens (including phenoxy) is 1. The number of nitrogens with two attached hydrogens (primary N) is 1. The van der Waals surface area contributed by atoms with Gasteiger partial charge in [-0.2, -0.15) is 4.37 Å². The predicted octanol–water partition coefficient (Wildman–Crippen LogP) is 0.878. The Balaban J connectivity index is 2.04. The minimum absolute atomic E-state index is 0.587. The number of nitrogens with zero attached hydrogens (tertiary/aromatic N) is 2. The first-order valence-corrected chi connectivity index (χ1v) is 5.98. The van der Waals surface area contributed by atoms with Crippen molar-refractivity contribution < 1.29 is 4.74 Å². The normalized spacial score (nSPS) is 10.5. The van der Waals surface area contributed by atoms with Crippen molar-refractivity contribution in [2.45, 2.75) is 19.8 Å². The highest BCUT2D eigenvalue weighted by Crippen LogP contribution is 2.10. The van der Waals surface area contributed by atoms with E-state index in [-0.39, 0.29) is 0 Å². The van der Waals surface area contributed by atoms with E-state index in [2.05, 4.69) is 14.7 Å². The SMILES string of the molecule is CCc1nsc(NCCCOCCN)n1. The average Bonchev–Trinajstić information content (AvgIpc) is 2.71. The lowest BCUT2D eigenvalue weighted by Gasteiger charge is -2.02. The second kappa shape index (κ2) is 7.56. The van der Waals surface area contributed by atoms with Crippen LogP contribution >= 0.6 is 11.5 Å². The molecule has 0 saturated heterocycles. The van der Waals surface area contributed by atoms with Crippen LogP contribution in [0.4, 0.5) is 5.13 Å². The molecule has 0 radical (unpaired) electrons. The number of nitrogens with one attached hydrogen (secondary N) is 1. The number of anilines is 1. The highest BCUT2D eigenvalue weighted by Gasteiger charge is 2.00. The van der Waals surface area contributed by atoms with Crippen LogP contribution in [0.1, 0.15) is 19.2 Å². The molecule has 1 aromatic rings. The summed E-state index contributed by atoms with van der Waals surface area (Å²) in [7, 11) is 0. The van der Waals surface area contributed by atoms with Crippen LogP contribution in [0, 0.1) is 0 Å². The number of hydrogen-bond donors (Lipinski definition) is 2. The summed E-state index contributed by atoms with van der Waals surface area (Å²) < 4.78 is 9.43. The van der Waals surface area contributed by atoms with Crippen LogP contribution in [0.15, 0.2) is 0 Å². The highest BCUT2D eigenvalue weighted by molar-refractivity contribution is 7.09. The molecule has 3 N–H and O–H groups in total. The summed E-state index contributed by atoms with van der Waals surface area (Å²) in [6.45, 7) is 4.88. The van der Waals surface area contributed by atoms with Gasteiger partial charge in [-0.3, -0.25) is 0 Å². The van der Waals surface area contributed by atoms with Gasteiger partial charge < -0.3 is 15.8 Å². The van der Waals surface area contributed by atoms with Gasteiger partial charge in [0.05, 0.1) is 6.61 Å². The molecule has 0 saturated carbocycles. The van der Waals surface area contributed by atoms with Crippen molar-refractivity contribution in [1.29, 1.82) is 0 Å². The summed E-state index contributed by atoms with van der Waals surface area (Å²) in [6, 6.07) is 0. The van der Waals surface area contributed by atoms with Crippen LogP contribution in [-0.4, -0.2) is 35.7 Å². The van der Waals surface area contributed by atoms with Crippen molar-refractivity contribution in [2.24, 2.45) is 5.73 Å². The highest BCUT2D eigenvalue weighted by atomic mass is 32.1. The van der Waals surface area contributed by atoms with Crippen molar-refractivity contribution in [3.8, 4) is 0 Å². The second-order valence-corrected chi connectivity index (χ2v) is 3.80. The maximum Gasteiger partial charge on any atom is 0.202 e. The number of aromatic nitrogens is 2. The second-order valence-electron chi connectivity index (χ2n) is 3.05. The topological polar surface area (TPSA) is 73.1 Å². The fraction of sp³-hybridized carbons (Fsp3) is 0.778. The predicted molar refractivity (Wildman–Crippen MR) is 62.3 cm³/mol. The van der Waals surface area contributed by atoms with Gasteiger partial charge in [0, 0.05) is 37.6 Å². The first-order chi connectivity index (χ1) is 7.36. The minimum Gasteiger partial charge on any atom is -0.380 e. The number of hydrogen-bond acceptors (Lipinski definition) is 6. The summed E-state index contributed by atoms with van der Waals surface area (Å²) in [6.07, 6.45) is 1.85. The van der Waals surface area contributed by atoms with E-state index >= 15 is 0 Å². The Labute approximate surface area is 94.2 Å². The molecular formula is C9H18N4OS. The van der Waals surface area contributed by atoms with Crippen LogP contribution in [0.3, 0.4) is 0 Å². The van der Waals surface area contributed by atoms with E-state index in [0.717, 1.165) is 36.9 Å². The zero-order chi connectivity index (χ0) is 10.9. The third kappa shape index (κ3) is 5.06. The van der Waals surface area contributed by atoms with Crippen molar-refractivity contribution in [2.75, 3.05) is 31.6 Å². The van der Waals surface area contributed by atoms with Crippen LogP contribution in [0.5, 0.6) is 0 Å². The monoisotopic (exact) mass is 230 g/mol. The van der Waals surface area contributed by atoms with Gasteiger partial charge in [-0.15, -0.1) is 0 Å². The lowest BCUT2D eigenvalue weighted by molar-refractivity contribution is 0.141. The molecule has 0 aromatic carbocycles.